The number of pyridine rings is 3. The van der Waals surface area contributed by atoms with Gasteiger partial charge in [0, 0.05) is 56.1 Å². The fourth-order valence-electron chi connectivity index (χ4n) is 6.51. The van der Waals surface area contributed by atoms with Gasteiger partial charge in [0.15, 0.2) is 12.3 Å². The SMILES string of the molecule is CCOC(=O)COc1ccnc(C(=O)Nc2nc3nc(-c4cnc(C5CC5)c(C(F)(F)F)c4)cc(N(C)CC4(COC)CCCC4)c3[nH]2)c1. The third-order valence-corrected chi connectivity index (χ3v) is 8.88. The molecule has 12 nitrogen and oxygen atoms in total. The minimum Gasteiger partial charge on any atom is -0.482 e. The summed E-state index contributed by atoms with van der Waals surface area (Å²) < 4.78 is 58.4. The van der Waals surface area contributed by atoms with Crippen molar-refractivity contribution in [2.75, 3.05) is 50.7 Å². The summed E-state index contributed by atoms with van der Waals surface area (Å²) >= 11 is 0. The molecule has 2 saturated carbocycles. The summed E-state index contributed by atoms with van der Waals surface area (Å²) in [6.07, 6.45) is 3.71. The number of carbonyl (C=O) groups excluding carboxylic acids is 2. The number of ether oxygens (including phenoxy) is 3. The lowest BCUT2D eigenvalue weighted by Gasteiger charge is -2.34. The van der Waals surface area contributed by atoms with E-state index in [2.05, 4.69) is 30.2 Å². The summed E-state index contributed by atoms with van der Waals surface area (Å²) in [5.41, 5.74) is 0.999. The van der Waals surface area contributed by atoms with E-state index in [1.54, 1.807) is 20.1 Å². The number of aromatic nitrogens is 5. The zero-order valence-corrected chi connectivity index (χ0v) is 27.5. The average Bonchev–Trinajstić information content (AvgIpc) is 3.69. The lowest BCUT2D eigenvalue weighted by Crippen LogP contribution is -2.37. The number of halogens is 3. The molecule has 4 aromatic rings. The van der Waals surface area contributed by atoms with Gasteiger partial charge in [-0.05, 0) is 50.8 Å². The minimum absolute atomic E-state index is 0.00273. The highest BCUT2D eigenvalue weighted by Gasteiger charge is 2.40. The van der Waals surface area contributed by atoms with Gasteiger partial charge in [-0.1, -0.05) is 12.8 Å². The Kier molecular flexibility index (Phi) is 9.72. The van der Waals surface area contributed by atoms with E-state index < -0.39 is 23.6 Å². The molecule has 260 valence electrons. The summed E-state index contributed by atoms with van der Waals surface area (Å²) in [7, 11) is 3.59. The van der Waals surface area contributed by atoms with Crippen LogP contribution in [0.5, 0.6) is 5.75 Å². The number of methoxy groups -OCH3 is 1. The monoisotopic (exact) mass is 681 g/mol. The van der Waals surface area contributed by atoms with Crippen molar-refractivity contribution < 1.29 is 37.0 Å². The van der Waals surface area contributed by atoms with Crippen molar-refractivity contribution in [2.45, 2.75) is 57.5 Å². The number of fused-ring (bicyclic) bond motifs is 1. The molecule has 0 saturated heterocycles. The van der Waals surface area contributed by atoms with Crippen LogP contribution in [0.25, 0.3) is 22.4 Å². The second kappa shape index (κ2) is 14.0. The smallest absolute Gasteiger partial charge is 0.418 e. The molecule has 4 aromatic heterocycles. The first-order valence-electron chi connectivity index (χ1n) is 16.2. The summed E-state index contributed by atoms with van der Waals surface area (Å²) in [6, 6.07) is 5.71. The first-order valence-corrected chi connectivity index (χ1v) is 16.2. The van der Waals surface area contributed by atoms with Crippen LogP contribution in [0.4, 0.5) is 24.8 Å². The van der Waals surface area contributed by atoms with Crippen molar-refractivity contribution in [3.05, 3.63) is 53.6 Å². The molecule has 0 aliphatic heterocycles. The molecule has 2 N–H and O–H groups in total. The van der Waals surface area contributed by atoms with Crippen molar-refractivity contribution >= 4 is 34.7 Å². The van der Waals surface area contributed by atoms with Crippen LogP contribution in [0.2, 0.25) is 0 Å². The topological polar surface area (TPSA) is 144 Å². The van der Waals surface area contributed by atoms with Gasteiger partial charge in [-0.3, -0.25) is 20.1 Å². The molecule has 0 spiro atoms. The number of hydrogen-bond acceptors (Lipinski definition) is 10. The van der Waals surface area contributed by atoms with Crippen LogP contribution in [0, 0.1) is 5.41 Å². The van der Waals surface area contributed by atoms with Gasteiger partial charge < -0.3 is 24.1 Å². The van der Waals surface area contributed by atoms with Crippen LogP contribution in [0.15, 0.2) is 36.7 Å². The van der Waals surface area contributed by atoms with E-state index in [1.807, 2.05) is 11.9 Å². The predicted octanol–water partition coefficient (Wildman–Crippen LogP) is 6.15. The molecule has 6 rings (SSSR count). The van der Waals surface area contributed by atoms with Crippen LogP contribution in [0.1, 0.15) is 73.1 Å². The fraction of sp³-hybridized carbons (Fsp3) is 0.471. The molecule has 2 fully saturated rings. The van der Waals surface area contributed by atoms with Crippen molar-refractivity contribution in [3.63, 3.8) is 0 Å². The number of rotatable bonds is 13. The van der Waals surface area contributed by atoms with Gasteiger partial charge in [0.1, 0.15) is 17.0 Å². The molecule has 15 heteroatoms. The number of amides is 1. The highest BCUT2D eigenvalue weighted by molar-refractivity contribution is 6.03. The van der Waals surface area contributed by atoms with Crippen LogP contribution in [-0.2, 0) is 20.4 Å². The van der Waals surface area contributed by atoms with Gasteiger partial charge in [-0.15, -0.1) is 0 Å². The maximum Gasteiger partial charge on any atom is 0.418 e. The summed E-state index contributed by atoms with van der Waals surface area (Å²) in [5, 5.41) is 2.69. The molecule has 2 aliphatic rings. The number of carbonyl (C=O) groups is 2. The summed E-state index contributed by atoms with van der Waals surface area (Å²) in [5.74, 6) is -1.06. The molecule has 0 bridgehead atoms. The number of alkyl halides is 3. The number of hydrogen-bond donors (Lipinski definition) is 2. The van der Waals surface area contributed by atoms with Crippen molar-refractivity contribution in [2.24, 2.45) is 5.41 Å². The van der Waals surface area contributed by atoms with Crippen molar-refractivity contribution in [3.8, 4) is 17.0 Å². The third kappa shape index (κ3) is 7.77. The highest BCUT2D eigenvalue weighted by atomic mass is 19.4. The van der Waals surface area contributed by atoms with Crippen molar-refractivity contribution in [1.82, 2.24) is 24.9 Å². The molecular formula is C34H38F3N7O5. The van der Waals surface area contributed by atoms with Gasteiger partial charge >= 0.3 is 12.1 Å². The van der Waals surface area contributed by atoms with Crippen LogP contribution in [-0.4, -0.2) is 77.3 Å². The van der Waals surface area contributed by atoms with Crippen LogP contribution in [0.3, 0.4) is 0 Å². The third-order valence-electron chi connectivity index (χ3n) is 8.88. The Morgan fingerprint density at radius 1 is 1.12 bits per heavy atom. The highest BCUT2D eigenvalue weighted by Crippen LogP contribution is 2.46. The Morgan fingerprint density at radius 3 is 2.59 bits per heavy atom. The molecule has 0 radical (unpaired) electrons. The van der Waals surface area contributed by atoms with E-state index in [0.717, 1.165) is 31.7 Å². The predicted molar refractivity (Wildman–Crippen MR) is 174 cm³/mol. The van der Waals surface area contributed by atoms with Crippen molar-refractivity contribution in [1.29, 1.82) is 0 Å². The molecular weight excluding hydrogens is 643 g/mol. The Bertz CT molecular complexity index is 1840. The number of nitrogens with one attached hydrogen (secondary N) is 2. The number of H-pyrrole nitrogens is 1. The van der Waals surface area contributed by atoms with Gasteiger partial charge in [0.2, 0.25) is 5.95 Å². The number of nitrogens with zero attached hydrogens (tertiary/aromatic N) is 5. The largest absolute Gasteiger partial charge is 0.482 e. The minimum atomic E-state index is -4.57. The summed E-state index contributed by atoms with van der Waals surface area (Å²) in [6.45, 7) is 2.75. The van der Waals surface area contributed by atoms with Gasteiger partial charge in [-0.25, -0.2) is 9.78 Å². The zero-order chi connectivity index (χ0) is 34.8. The molecule has 4 heterocycles. The van der Waals surface area contributed by atoms with Gasteiger partial charge in [-0.2, -0.15) is 18.2 Å². The maximum atomic E-state index is 14.2. The quantitative estimate of drug-likeness (QED) is 0.158. The average molecular weight is 682 g/mol. The number of esters is 1. The molecule has 0 unspecified atom stereocenters. The lowest BCUT2D eigenvalue weighted by molar-refractivity contribution is -0.145. The maximum absolute atomic E-state index is 14.2. The number of aromatic amines is 1. The molecule has 49 heavy (non-hydrogen) atoms. The number of imidazole rings is 1. The second-order valence-corrected chi connectivity index (χ2v) is 12.7. The van der Waals surface area contributed by atoms with Crippen LogP contribution < -0.4 is 15.0 Å². The molecule has 0 aromatic carbocycles. The Balaban J connectivity index is 1.34. The Labute approximate surface area is 280 Å². The summed E-state index contributed by atoms with van der Waals surface area (Å²) in [4.78, 5) is 47.6. The Hall–Kier alpha value is -4.79. The van der Waals surface area contributed by atoms with E-state index in [4.69, 9.17) is 14.2 Å². The molecule has 0 atom stereocenters. The van der Waals surface area contributed by atoms with E-state index in [9.17, 15) is 22.8 Å². The molecule has 1 amide bonds. The Morgan fingerprint density at radius 2 is 1.90 bits per heavy atom. The van der Waals surface area contributed by atoms with Crippen LogP contribution >= 0.6 is 0 Å². The van der Waals surface area contributed by atoms with Gasteiger partial charge in [0.25, 0.3) is 5.91 Å². The van der Waals surface area contributed by atoms with E-state index in [1.165, 1.54) is 24.5 Å². The normalized spacial score (nSPS) is 15.7. The zero-order valence-electron chi connectivity index (χ0n) is 27.5. The first kappa shape index (κ1) is 34.1. The first-order chi connectivity index (χ1) is 23.5. The van der Waals surface area contributed by atoms with E-state index in [-0.39, 0.29) is 64.5 Å². The van der Waals surface area contributed by atoms with E-state index >= 15 is 0 Å². The van der Waals surface area contributed by atoms with Gasteiger partial charge in [0.05, 0.1) is 35.9 Å². The fourth-order valence-corrected chi connectivity index (χ4v) is 6.51. The standard InChI is InChI=1S/C34H38F3N7O5/c1-4-48-27(45)17-49-22-9-12-38-25(14-22)31(46)43-32-41-29-26(44(2)18-33(19-47-3)10-5-6-11-33)15-24(40-30(29)42-32)21-13-23(34(35,36)37)28(39-16-21)20-7-8-20/h9,12-16,20H,4-8,10-11,17-19H2,1-3H3,(H2,40,41,42,43,46). The number of anilines is 2. The second-order valence-electron chi connectivity index (χ2n) is 12.7. The lowest BCUT2D eigenvalue weighted by atomic mass is 9.86. The molecule has 2 aliphatic carbocycles. The van der Waals surface area contributed by atoms with E-state index in [0.29, 0.717) is 37.2 Å².